The predicted molar refractivity (Wildman–Crippen MR) is 80.7 cm³/mol. The first-order valence-electron chi connectivity index (χ1n) is 6.72. The number of hydrogen-bond donors (Lipinski definition) is 1. The Labute approximate surface area is 119 Å². The number of hydrogen-bond acceptors (Lipinski definition) is 3. The van der Waals surface area contributed by atoms with Gasteiger partial charge in [0.1, 0.15) is 5.75 Å². The number of nitrogens with zero attached hydrogens (tertiary/aromatic N) is 1. The molecule has 1 aromatic carbocycles. The molecule has 0 fully saturated rings. The van der Waals surface area contributed by atoms with Gasteiger partial charge in [-0.1, -0.05) is 12.1 Å². The number of aliphatic imine (C=N–C) groups is 1. The Hall–Kier alpha value is -2.10. The van der Waals surface area contributed by atoms with Crippen LogP contribution in [-0.2, 0) is 0 Å². The fourth-order valence-electron chi connectivity index (χ4n) is 2.09. The highest BCUT2D eigenvalue weighted by Crippen LogP contribution is 2.19. The monoisotopic (exact) mass is 272 g/mol. The smallest absolute Gasteiger partial charge is 0.255 e. The largest absolute Gasteiger partial charge is 0.496 e. The highest BCUT2D eigenvalue weighted by Gasteiger charge is 2.14. The lowest BCUT2D eigenvalue weighted by atomic mass is 10.1. The molecule has 20 heavy (non-hydrogen) atoms. The molecule has 1 heterocycles. The van der Waals surface area contributed by atoms with E-state index in [1.54, 1.807) is 13.2 Å². The summed E-state index contributed by atoms with van der Waals surface area (Å²) in [6.45, 7) is 5.26. The molecule has 0 aromatic heterocycles. The van der Waals surface area contributed by atoms with Crippen molar-refractivity contribution >= 4 is 11.6 Å². The van der Waals surface area contributed by atoms with E-state index in [1.807, 2.05) is 32.1 Å². The second kappa shape index (κ2) is 6.37. The molecule has 0 saturated heterocycles. The van der Waals surface area contributed by atoms with Gasteiger partial charge in [0.15, 0.2) is 0 Å². The van der Waals surface area contributed by atoms with Gasteiger partial charge in [-0.25, -0.2) is 0 Å². The zero-order valence-electron chi connectivity index (χ0n) is 12.1. The van der Waals surface area contributed by atoms with Crippen LogP contribution in [0.2, 0.25) is 0 Å². The summed E-state index contributed by atoms with van der Waals surface area (Å²) in [5.41, 5.74) is 2.67. The van der Waals surface area contributed by atoms with Gasteiger partial charge in [0.25, 0.3) is 5.91 Å². The Morgan fingerprint density at radius 3 is 2.90 bits per heavy atom. The molecule has 0 saturated carbocycles. The number of aryl methyl sites for hydroxylation is 1. The maximum Gasteiger partial charge on any atom is 0.255 e. The Morgan fingerprint density at radius 2 is 2.25 bits per heavy atom. The van der Waals surface area contributed by atoms with Crippen LogP contribution in [0.15, 0.2) is 35.3 Å². The maximum absolute atomic E-state index is 12.2. The number of benzene rings is 1. The zero-order valence-corrected chi connectivity index (χ0v) is 12.1. The minimum absolute atomic E-state index is 0.110. The summed E-state index contributed by atoms with van der Waals surface area (Å²) in [5.74, 6) is 0.760. The first-order chi connectivity index (χ1) is 9.60. The van der Waals surface area contributed by atoms with E-state index in [9.17, 15) is 4.79 Å². The van der Waals surface area contributed by atoms with Crippen LogP contribution < -0.4 is 10.1 Å². The number of allylic oxidation sites excluding steroid dienone is 1. The van der Waals surface area contributed by atoms with Gasteiger partial charge in [0.2, 0.25) is 0 Å². The Bertz CT molecular complexity index is 562. The molecule has 4 heteroatoms. The van der Waals surface area contributed by atoms with E-state index in [1.165, 1.54) is 0 Å². The second-order valence-electron chi connectivity index (χ2n) is 5.02. The fraction of sp³-hybridized carbons (Fsp3) is 0.375. The molecule has 1 N–H and O–H groups in total. The van der Waals surface area contributed by atoms with Gasteiger partial charge in [-0.2, -0.15) is 0 Å². The minimum atomic E-state index is -0.110. The molecular weight excluding hydrogens is 252 g/mol. The van der Waals surface area contributed by atoms with E-state index in [0.29, 0.717) is 17.9 Å². The standard InChI is InChI=1S/C16H20N2O2/c1-11-4-7-14(15(8-11)20-3)16(19)18-10-13-6-5-12(2)17-9-13/h4-8,13H,9-10H2,1-3H3,(H,18,19). The van der Waals surface area contributed by atoms with E-state index in [4.69, 9.17) is 4.74 Å². The fourth-order valence-corrected chi connectivity index (χ4v) is 2.09. The normalized spacial score (nSPS) is 17.6. The average molecular weight is 272 g/mol. The summed E-state index contributed by atoms with van der Waals surface area (Å²) in [6, 6.07) is 5.57. The van der Waals surface area contributed by atoms with Gasteiger partial charge < -0.3 is 10.1 Å². The highest BCUT2D eigenvalue weighted by molar-refractivity contribution is 5.97. The van der Waals surface area contributed by atoms with Gasteiger partial charge in [-0.05, 0) is 37.6 Å². The van der Waals surface area contributed by atoms with Crippen LogP contribution in [0, 0.1) is 12.8 Å². The maximum atomic E-state index is 12.2. The number of amides is 1. The van der Waals surface area contributed by atoms with E-state index in [-0.39, 0.29) is 11.8 Å². The molecule has 0 bridgehead atoms. The van der Waals surface area contributed by atoms with Gasteiger partial charge >= 0.3 is 0 Å². The summed E-state index contributed by atoms with van der Waals surface area (Å²) in [5, 5.41) is 2.94. The van der Waals surface area contributed by atoms with E-state index in [2.05, 4.69) is 16.4 Å². The third-order valence-corrected chi connectivity index (χ3v) is 3.31. The van der Waals surface area contributed by atoms with Crippen LogP contribution in [0.5, 0.6) is 5.75 Å². The molecule has 0 spiro atoms. The molecule has 1 aromatic rings. The van der Waals surface area contributed by atoms with Crippen LogP contribution in [0.3, 0.4) is 0 Å². The molecule has 0 aliphatic carbocycles. The van der Waals surface area contributed by atoms with Gasteiger partial charge in [0, 0.05) is 24.7 Å². The molecule has 4 nitrogen and oxygen atoms in total. The second-order valence-corrected chi connectivity index (χ2v) is 5.02. The first kappa shape index (κ1) is 14.3. The topological polar surface area (TPSA) is 50.7 Å². The molecule has 1 unspecified atom stereocenters. The summed E-state index contributed by atoms with van der Waals surface area (Å²) >= 11 is 0. The highest BCUT2D eigenvalue weighted by atomic mass is 16.5. The van der Waals surface area contributed by atoms with Gasteiger partial charge in [-0.3, -0.25) is 9.79 Å². The minimum Gasteiger partial charge on any atom is -0.496 e. The van der Waals surface area contributed by atoms with Crippen LogP contribution in [0.25, 0.3) is 0 Å². The lowest BCUT2D eigenvalue weighted by molar-refractivity contribution is 0.0947. The van der Waals surface area contributed by atoms with Crippen molar-refractivity contribution in [2.75, 3.05) is 20.2 Å². The van der Waals surface area contributed by atoms with Crippen molar-refractivity contribution in [3.8, 4) is 5.75 Å². The SMILES string of the molecule is COc1cc(C)ccc1C(=O)NCC1C=CC(C)=NC1. The molecule has 1 aliphatic rings. The average Bonchev–Trinajstić information content (AvgIpc) is 2.46. The lowest BCUT2D eigenvalue weighted by Crippen LogP contribution is -2.30. The molecule has 1 atom stereocenters. The van der Waals surface area contributed by atoms with E-state index in [0.717, 1.165) is 17.8 Å². The van der Waals surface area contributed by atoms with E-state index >= 15 is 0 Å². The number of ether oxygens (including phenoxy) is 1. The van der Waals surface area contributed by atoms with E-state index < -0.39 is 0 Å². The van der Waals surface area contributed by atoms with Crippen LogP contribution >= 0.6 is 0 Å². The van der Waals surface area contributed by atoms with Crippen molar-refractivity contribution in [2.45, 2.75) is 13.8 Å². The number of nitrogens with one attached hydrogen (secondary N) is 1. The predicted octanol–water partition coefficient (Wildman–Crippen LogP) is 2.38. The number of rotatable bonds is 4. The molecule has 1 amide bonds. The zero-order chi connectivity index (χ0) is 14.5. The molecule has 1 aliphatic heterocycles. The van der Waals surface area contributed by atoms with Crippen LogP contribution in [0.4, 0.5) is 0 Å². The number of methoxy groups -OCH3 is 1. The van der Waals surface area contributed by atoms with Crippen molar-refractivity contribution in [2.24, 2.45) is 10.9 Å². The Morgan fingerprint density at radius 1 is 1.45 bits per heavy atom. The number of carbonyl (C=O) groups excluding carboxylic acids is 1. The number of carbonyl (C=O) groups is 1. The third kappa shape index (κ3) is 3.47. The van der Waals surface area contributed by atoms with Gasteiger partial charge in [-0.15, -0.1) is 0 Å². The first-order valence-corrected chi connectivity index (χ1v) is 6.72. The lowest BCUT2D eigenvalue weighted by Gasteiger charge is -2.16. The van der Waals surface area contributed by atoms with Crippen molar-refractivity contribution in [1.29, 1.82) is 0 Å². The van der Waals surface area contributed by atoms with Crippen molar-refractivity contribution in [1.82, 2.24) is 5.32 Å². The van der Waals surface area contributed by atoms with Crippen LogP contribution in [0.1, 0.15) is 22.8 Å². The van der Waals surface area contributed by atoms with Gasteiger partial charge in [0.05, 0.1) is 12.7 Å². The summed E-state index contributed by atoms with van der Waals surface area (Å²) < 4.78 is 5.26. The van der Waals surface area contributed by atoms with Crippen molar-refractivity contribution < 1.29 is 9.53 Å². The third-order valence-electron chi connectivity index (χ3n) is 3.31. The molecular formula is C16H20N2O2. The van der Waals surface area contributed by atoms with Crippen molar-refractivity contribution in [3.63, 3.8) is 0 Å². The Kier molecular flexibility index (Phi) is 4.56. The molecule has 2 rings (SSSR count). The molecule has 106 valence electrons. The molecule has 0 radical (unpaired) electrons. The quantitative estimate of drug-likeness (QED) is 0.915. The summed E-state index contributed by atoms with van der Waals surface area (Å²) in [6.07, 6.45) is 4.09. The summed E-state index contributed by atoms with van der Waals surface area (Å²) in [4.78, 5) is 16.6. The Balaban J connectivity index is 1.97. The van der Waals surface area contributed by atoms with Crippen molar-refractivity contribution in [3.05, 3.63) is 41.5 Å². The summed E-state index contributed by atoms with van der Waals surface area (Å²) in [7, 11) is 1.58. The van der Waals surface area contributed by atoms with Crippen LogP contribution in [-0.4, -0.2) is 31.8 Å². The number of dihydropyridines is 1.